The van der Waals surface area contributed by atoms with Gasteiger partial charge in [0.15, 0.2) is 0 Å². The van der Waals surface area contributed by atoms with Gasteiger partial charge in [-0.1, -0.05) is 0 Å². The monoisotopic (exact) mass is 146 g/mol. The van der Waals surface area contributed by atoms with Gasteiger partial charge >= 0.3 is 0 Å². The highest BCUT2D eigenvalue weighted by molar-refractivity contribution is 7.97. The molecule has 52 valence electrons. The van der Waals surface area contributed by atoms with Gasteiger partial charge in [0.1, 0.15) is 0 Å². The third-order valence-electron chi connectivity index (χ3n) is 1.01. The van der Waals surface area contributed by atoms with Crippen molar-refractivity contribution < 1.29 is 5.11 Å². The Morgan fingerprint density at radius 1 is 1.78 bits per heavy atom. The number of aliphatic hydroxyl groups is 1. The molecule has 0 aliphatic carbocycles. The summed E-state index contributed by atoms with van der Waals surface area (Å²) in [6, 6.07) is 0. The molecule has 0 aromatic carbocycles. The van der Waals surface area contributed by atoms with Crippen LogP contribution in [0.1, 0.15) is 0 Å². The van der Waals surface area contributed by atoms with Crippen LogP contribution in [0.3, 0.4) is 0 Å². The molecule has 1 aliphatic rings. The molecule has 0 unspecified atom stereocenters. The van der Waals surface area contributed by atoms with Crippen LogP contribution in [0.25, 0.3) is 0 Å². The summed E-state index contributed by atoms with van der Waals surface area (Å²) in [5.74, 6) is 0.770. The van der Waals surface area contributed by atoms with Gasteiger partial charge in [0.05, 0.1) is 26.0 Å². The van der Waals surface area contributed by atoms with E-state index in [9.17, 15) is 0 Å². The van der Waals surface area contributed by atoms with E-state index in [1.807, 2.05) is 10.6 Å². The SMILES string of the molecule is OCCSN1C=NCC1. The van der Waals surface area contributed by atoms with Crippen molar-refractivity contribution in [2.45, 2.75) is 0 Å². The normalized spacial score (nSPS) is 17.2. The Kier molecular flexibility index (Phi) is 2.86. The molecule has 1 aliphatic heterocycles. The summed E-state index contributed by atoms with van der Waals surface area (Å²) in [5, 5.41) is 8.43. The molecule has 0 bridgehead atoms. The maximum absolute atomic E-state index is 8.43. The molecule has 0 saturated carbocycles. The number of nitrogens with zero attached hydrogens (tertiary/aromatic N) is 2. The first kappa shape index (κ1) is 6.89. The molecular formula is C5H10N2OS. The minimum absolute atomic E-state index is 0.245. The van der Waals surface area contributed by atoms with Crippen LogP contribution in [-0.4, -0.2) is 41.2 Å². The van der Waals surface area contributed by atoms with E-state index in [2.05, 4.69) is 4.99 Å². The summed E-state index contributed by atoms with van der Waals surface area (Å²) < 4.78 is 2.04. The van der Waals surface area contributed by atoms with E-state index in [0.717, 1.165) is 18.8 Å². The fraction of sp³-hybridized carbons (Fsp3) is 0.800. The van der Waals surface area contributed by atoms with E-state index in [1.54, 1.807) is 11.9 Å². The third-order valence-corrected chi connectivity index (χ3v) is 1.98. The second kappa shape index (κ2) is 3.74. The highest BCUT2D eigenvalue weighted by atomic mass is 32.2. The van der Waals surface area contributed by atoms with E-state index >= 15 is 0 Å². The maximum atomic E-state index is 8.43. The van der Waals surface area contributed by atoms with Crippen LogP contribution in [-0.2, 0) is 0 Å². The molecule has 0 fully saturated rings. The van der Waals surface area contributed by atoms with Gasteiger partial charge in [0.25, 0.3) is 0 Å². The molecule has 0 aromatic heterocycles. The molecule has 0 amide bonds. The smallest absolute Gasteiger partial charge is 0.0950 e. The molecule has 3 nitrogen and oxygen atoms in total. The van der Waals surface area contributed by atoms with Gasteiger partial charge in [-0.25, -0.2) is 0 Å². The standard InChI is InChI=1S/C5H10N2OS/c8-3-4-9-7-2-1-6-5-7/h5,8H,1-4H2. The quantitative estimate of drug-likeness (QED) is 0.568. The number of hydrogen-bond donors (Lipinski definition) is 1. The molecule has 1 rings (SSSR count). The van der Waals surface area contributed by atoms with E-state index < -0.39 is 0 Å². The Hall–Kier alpha value is -0.220. The first-order chi connectivity index (χ1) is 4.43. The van der Waals surface area contributed by atoms with Crippen LogP contribution in [0.2, 0.25) is 0 Å². The predicted octanol–water partition coefficient (Wildman–Crippen LogP) is -0.0292. The highest BCUT2D eigenvalue weighted by Crippen LogP contribution is 2.08. The molecule has 0 spiro atoms. The minimum atomic E-state index is 0.245. The molecule has 0 aromatic rings. The van der Waals surface area contributed by atoms with Gasteiger partial charge < -0.3 is 9.41 Å². The minimum Gasteiger partial charge on any atom is -0.395 e. The first-order valence-corrected chi connectivity index (χ1v) is 3.88. The van der Waals surface area contributed by atoms with Crippen molar-refractivity contribution in [3.63, 3.8) is 0 Å². The lowest BCUT2D eigenvalue weighted by Crippen LogP contribution is -2.11. The van der Waals surface area contributed by atoms with Crippen molar-refractivity contribution in [2.24, 2.45) is 4.99 Å². The van der Waals surface area contributed by atoms with Crippen LogP contribution in [0.4, 0.5) is 0 Å². The number of aliphatic hydroxyl groups excluding tert-OH is 1. The second-order valence-electron chi connectivity index (χ2n) is 1.72. The lowest BCUT2D eigenvalue weighted by atomic mass is 10.7. The molecule has 0 radical (unpaired) electrons. The summed E-state index contributed by atoms with van der Waals surface area (Å²) in [4.78, 5) is 4.02. The fourth-order valence-electron chi connectivity index (χ4n) is 0.619. The van der Waals surface area contributed by atoms with Crippen molar-refractivity contribution in [2.75, 3.05) is 25.4 Å². The van der Waals surface area contributed by atoms with Crippen LogP contribution >= 0.6 is 11.9 Å². The van der Waals surface area contributed by atoms with E-state index in [-0.39, 0.29) is 6.61 Å². The molecule has 1 N–H and O–H groups in total. The average molecular weight is 146 g/mol. The van der Waals surface area contributed by atoms with E-state index in [1.165, 1.54) is 0 Å². The van der Waals surface area contributed by atoms with Crippen molar-refractivity contribution in [3.05, 3.63) is 0 Å². The average Bonchev–Trinajstić information content (AvgIpc) is 2.34. The number of hydrogen-bond acceptors (Lipinski definition) is 4. The molecule has 0 saturated heterocycles. The maximum Gasteiger partial charge on any atom is 0.0950 e. The summed E-state index contributed by atoms with van der Waals surface area (Å²) in [6.07, 6.45) is 1.82. The molecular weight excluding hydrogens is 136 g/mol. The Balaban J connectivity index is 2.05. The van der Waals surface area contributed by atoms with Crippen LogP contribution in [0, 0.1) is 0 Å². The molecule has 0 atom stereocenters. The molecule has 1 heterocycles. The van der Waals surface area contributed by atoms with Gasteiger partial charge in [-0.05, 0) is 11.9 Å². The number of aliphatic imine (C=N–C) groups is 1. The summed E-state index contributed by atoms with van der Waals surface area (Å²) >= 11 is 1.62. The Morgan fingerprint density at radius 2 is 2.67 bits per heavy atom. The van der Waals surface area contributed by atoms with Gasteiger partial charge in [-0.2, -0.15) is 0 Å². The topological polar surface area (TPSA) is 35.8 Å². The van der Waals surface area contributed by atoms with E-state index in [0.29, 0.717) is 0 Å². The Morgan fingerprint density at radius 3 is 3.22 bits per heavy atom. The van der Waals surface area contributed by atoms with Crippen LogP contribution < -0.4 is 0 Å². The van der Waals surface area contributed by atoms with Gasteiger partial charge in [-0.3, -0.25) is 4.99 Å². The van der Waals surface area contributed by atoms with Crippen LogP contribution in [0.5, 0.6) is 0 Å². The van der Waals surface area contributed by atoms with Crippen LogP contribution in [0.15, 0.2) is 4.99 Å². The predicted molar refractivity (Wildman–Crippen MR) is 39.6 cm³/mol. The van der Waals surface area contributed by atoms with Crippen molar-refractivity contribution >= 4 is 18.3 Å². The Labute approximate surface area is 58.9 Å². The fourth-order valence-corrected chi connectivity index (χ4v) is 1.28. The first-order valence-electron chi connectivity index (χ1n) is 2.94. The zero-order valence-corrected chi connectivity index (χ0v) is 5.97. The Bertz CT molecular complexity index is 107. The summed E-state index contributed by atoms with van der Waals surface area (Å²) in [7, 11) is 0. The van der Waals surface area contributed by atoms with Crippen molar-refractivity contribution in [3.8, 4) is 0 Å². The summed E-state index contributed by atoms with van der Waals surface area (Å²) in [6.45, 7) is 2.14. The number of rotatable bonds is 3. The van der Waals surface area contributed by atoms with Gasteiger partial charge in [0.2, 0.25) is 0 Å². The van der Waals surface area contributed by atoms with Crippen molar-refractivity contribution in [1.29, 1.82) is 0 Å². The molecule has 4 heteroatoms. The summed E-state index contributed by atoms with van der Waals surface area (Å²) in [5.41, 5.74) is 0. The zero-order chi connectivity index (χ0) is 6.53. The van der Waals surface area contributed by atoms with Gasteiger partial charge in [0, 0.05) is 5.75 Å². The zero-order valence-electron chi connectivity index (χ0n) is 5.16. The second-order valence-corrected chi connectivity index (χ2v) is 2.85. The van der Waals surface area contributed by atoms with Crippen molar-refractivity contribution in [1.82, 2.24) is 4.31 Å². The van der Waals surface area contributed by atoms with Gasteiger partial charge in [-0.15, -0.1) is 0 Å². The van der Waals surface area contributed by atoms with E-state index in [4.69, 9.17) is 5.11 Å². The lowest BCUT2D eigenvalue weighted by Gasteiger charge is -2.09. The third kappa shape index (κ3) is 2.24. The lowest BCUT2D eigenvalue weighted by molar-refractivity contribution is 0.322. The largest absolute Gasteiger partial charge is 0.395 e. The molecule has 9 heavy (non-hydrogen) atoms. The highest BCUT2D eigenvalue weighted by Gasteiger charge is 2.03.